The second-order valence-corrected chi connectivity index (χ2v) is 5.74. The quantitative estimate of drug-likeness (QED) is 0.844. The third kappa shape index (κ3) is 2.52. The summed E-state index contributed by atoms with van der Waals surface area (Å²) in [4.78, 5) is 12.3. The first-order valence-corrected chi connectivity index (χ1v) is 5.82. The third-order valence-corrected chi connectivity index (χ3v) is 3.66. The molecular weight excluding hydrogens is 214 g/mol. The average molecular weight is 237 g/mol. The van der Waals surface area contributed by atoms with Crippen LogP contribution in [0.3, 0.4) is 0 Å². The Balaban J connectivity index is 2.95. The van der Waals surface area contributed by atoms with Gasteiger partial charge in [0.1, 0.15) is 0 Å². The maximum absolute atomic E-state index is 12.3. The zero-order valence-electron chi connectivity index (χ0n) is 11.6. The lowest BCUT2D eigenvalue weighted by Gasteiger charge is -2.37. The normalized spacial score (nSPS) is 12.6. The average Bonchev–Trinajstić information content (AvgIpc) is 2.47. The Morgan fingerprint density at radius 3 is 1.94 bits per heavy atom. The Kier molecular flexibility index (Phi) is 3.39. The summed E-state index contributed by atoms with van der Waals surface area (Å²) in [6.45, 7) is 11.3. The van der Waals surface area contributed by atoms with Crippen molar-refractivity contribution in [2.45, 2.75) is 47.1 Å². The molecule has 0 aromatic carbocycles. The molecule has 0 fully saturated rings. The largest absolute Gasteiger partial charge is 0.325 e. The summed E-state index contributed by atoms with van der Waals surface area (Å²) in [5.74, 6) is -0.0765. The van der Waals surface area contributed by atoms with E-state index in [1.807, 2.05) is 53.7 Å². The number of nitrogens with zero attached hydrogens (tertiary/aromatic N) is 1. The lowest BCUT2D eigenvalue weighted by molar-refractivity contribution is -0.127. The number of nitrogens with two attached hydrogens (primary N) is 1. The van der Waals surface area contributed by atoms with Crippen LogP contribution in [-0.4, -0.2) is 16.1 Å². The van der Waals surface area contributed by atoms with E-state index in [2.05, 4.69) is 5.43 Å². The zero-order valence-corrected chi connectivity index (χ0v) is 11.6. The number of hydrogen-bond acceptors (Lipinski definition) is 2. The standard InChI is InChI=1S/C13H23N3O/c1-9-7-8-10(2)16(9)15-11(17)12(3,4)13(5,6)14/h7-8H,14H2,1-6H3,(H,15,17). The molecule has 4 nitrogen and oxygen atoms in total. The smallest absolute Gasteiger partial charge is 0.246 e. The van der Waals surface area contributed by atoms with Gasteiger partial charge in [-0.25, -0.2) is 0 Å². The van der Waals surface area contributed by atoms with Gasteiger partial charge in [0.2, 0.25) is 5.91 Å². The summed E-state index contributed by atoms with van der Waals surface area (Å²) in [5.41, 5.74) is 9.73. The molecule has 1 rings (SSSR count). The van der Waals surface area contributed by atoms with Gasteiger partial charge >= 0.3 is 0 Å². The van der Waals surface area contributed by atoms with Crippen molar-refractivity contribution in [1.29, 1.82) is 0 Å². The highest BCUT2D eigenvalue weighted by Gasteiger charge is 2.40. The summed E-state index contributed by atoms with van der Waals surface area (Å²) in [6, 6.07) is 3.94. The van der Waals surface area contributed by atoms with Crippen molar-refractivity contribution in [2.24, 2.45) is 11.1 Å². The Morgan fingerprint density at radius 2 is 1.59 bits per heavy atom. The minimum absolute atomic E-state index is 0.0765. The molecule has 0 bridgehead atoms. The van der Waals surface area contributed by atoms with Crippen molar-refractivity contribution < 1.29 is 4.79 Å². The number of amides is 1. The van der Waals surface area contributed by atoms with E-state index < -0.39 is 11.0 Å². The summed E-state index contributed by atoms with van der Waals surface area (Å²) >= 11 is 0. The van der Waals surface area contributed by atoms with E-state index in [-0.39, 0.29) is 5.91 Å². The lowest BCUT2D eigenvalue weighted by Crippen LogP contribution is -2.55. The molecule has 0 unspecified atom stereocenters. The number of carbonyl (C=O) groups is 1. The summed E-state index contributed by atoms with van der Waals surface area (Å²) in [6.07, 6.45) is 0. The molecule has 1 aromatic heterocycles. The number of carbonyl (C=O) groups excluding carboxylic acids is 1. The van der Waals surface area contributed by atoms with E-state index in [0.29, 0.717) is 0 Å². The van der Waals surface area contributed by atoms with Gasteiger partial charge in [0.15, 0.2) is 0 Å². The SMILES string of the molecule is Cc1ccc(C)n1NC(=O)C(C)(C)C(C)(C)N. The first kappa shape index (κ1) is 13.8. The van der Waals surface area contributed by atoms with Gasteiger partial charge in [0.05, 0.1) is 5.41 Å². The topological polar surface area (TPSA) is 60.0 Å². The lowest BCUT2D eigenvalue weighted by atomic mass is 9.74. The minimum Gasteiger partial charge on any atom is -0.325 e. The summed E-state index contributed by atoms with van der Waals surface area (Å²) < 4.78 is 1.79. The molecule has 17 heavy (non-hydrogen) atoms. The summed E-state index contributed by atoms with van der Waals surface area (Å²) in [5, 5.41) is 0. The van der Waals surface area contributed by atoms with Gasteiger partial charge < -0.3 is 5.73 Å². The summed E-state index contributed by atoms with van der Waals surface area (Å²) in [7, 11) is 0. The predicted octanol–water partition coefficient (Wildman–Crippen LogP) is 1.94. The van der Waals surface area contributed by atoms with Crippen LogP contribution in [0.25, 0.3) is 0 Å². The van der Waals surface area contributed by atoms with Crippen LogP contribution >= 0.6 is 0 Å². The Bertz CT molecular complexity index is 405. The van der Waals surface area contributed by atoms with Gasteiger partial charge in [-0.2, -0.15) is 0 Å². The molecule has 0 atom stereocenters. The van der Waals surface area contributed by atoms with E-state index in [9.17, 15) is 4.79 Å². The highest BCUT2D eigenvalue weighted by molar-refractivity contribution is 5.90. The maximum Gasteiger partial charge on any atom is 0.246 e. The molecule has 1 heterocycles. The molecule has 0 radical (unpaired) electrons. The predicted molar refractivity (Wildman–Crippen MR) is 70.3 cm³/mol. The van der Waals surface area contributed by atoms with Gasteiger partial charge in [-0.05, 0) is 53.7 Å². The molecule has 0 saturated carbocycles. The van der Waals surface area contributed by atoms with E-state index in [4.69, 9.17) is 5.73 Å². The fourth-order valence-electron chi connectivity index (χ4n) is 1.38. The van der Waals surface area contributed by atoms with Crippen LogP contribution in [0.5, 0.6) is 0 Å². The number of aryl methyl sites for hydroxylation is 2. The molecule has 0 aliphatic carbocycles. The molecule has 4 heteroatoms. The maximum atomic E-state index is 12.3. The zero-order chi connectivity index (χ0) is 13.4. The van der Waals surface area contributed by atoms with Crippen LogP contribution < -0.4 is 11.2 Å². The van der Waals surface area contributed by atoms with E-state index >= 15 is 0 Å². The Hall–Kier alpha value is -1.29. The number of aromatic nitrogens is 1. The molecular formula is C13H23N3O. The first-order valence-electron chi connectivity index (χ1n) is 5.82. The fourth-order valence-corrected chi connectivity index (χ4v) is 1.38. The monoisotopic (exact) mass is 237 g/mol. The molecule has 0 aliphatic rings. The first-order chi connectivity index (χ1) is 7.57. The molecule has 1 aromatic rings. The van der Waals surface area contributed by atoms with Gasteiger partial charge in [-0.15, -0.1) is 0 Å². The van der Waals surface area contributed by atoms with Crippen LogP contribution in [0.4, 0.5) is 0 Å². The van der Waals surface area contributed by atoms with Gasteiger partial charge in [0.25, 0.3) is 0 Å². The van der Waals surface area contributed by atoms with Crippen molar-refractivity contribution in [3.8, 4) is 0 Å². The second-order valence-electron chi connectivity index (χ2n) is 5.74. The van der Waals surface area contributed by atoms with Crippen molar-refractivity contribution in [3.05, 3.63) is 23.5 Å². The molecule has 0 aliphatic heterocycles. The Morgan fingerprint density at radius 1 is 1.18 bits per heavy atom. The van der Waals surface area contributed by atoms with E-state index in [0.717, 1.165) is 11.4 Å². The fraction of sp³-hybridized carbons (Fsp3) is 0.615. The molecule has 96 valence electrons. The van der Waals surface area contributed by atoms with E-state index in [1.54, 1.807) is 4.68 Å². The van der Waals surface area contributed by atoms with Crippen molar-refractivity contribution in [2.75, 3.05) is 5.43 Å². The van der Waals surface area contributed by atoms with Crippen molar-refractivity contribution in [1.82, 2.24) is 4.68 Å². The highest BCUT2D eigenvalue weighted by Crippen LogP contribution is 2.28. The van der Waals surface area contributed by atoms with Crippen LogP contribution in [-0.2, 0) is 4.79 Å². The van der Waals surface area contributed by atoms with Crippen molar-refractivity contribution in [3.63, 3.8) is 0 Å². The number of rotatable bonds is 3. The van der Waals surface area contributed by atoms with Gasteiger partial charge in [-0.1, -0.05) is 0 Å². The highest BCUT2D eigenvalue weighted by atomic mass is 16.2. The van der Waals surface area contributed by atoms with Crippen molar-refractivity contribution >= 4 is 5.91 Å². The van der Waals surface area contributed by atoms with Crippen LogP contribution in [0.1, 0.15) is 39.1 Å². The van der Waals surface area contributed by atoms with Crippen LogP contribution in [0.2, 0.25) is 0 Å². The number of hydrogen-bond donors (Lipinski definition) is 2. The van der Waals surface area contributed by atoms with Crippen LogP contribution in [0.15, 0.2) is 12.1 Å². The second kappa shape index (κ2) is 4.18. The molecule has 0 spiro atoms. The third-order valence-electron chi connectivity index (χ3n) is 3.66. The van der Waals surface area contributed by atoms with E-state index in [1.165, 1.54) is 0 Å². The van der Waals surface area contributed by atoms with Crippen LogP contribution in [0, 0.1) is 19.3 Å². The van der Waals surface area contributed by atoms with Gasteiger partial charge in [-0.3, -0.25) is 14.9 Å². The minimum atomic E-state index is -0.643. The molecule has 1 amide bonds. The molecule has 0 saturated heterocycles. The molecule has 3 N–H and O–H groups in total. The Labute approximate surface area is 103 Å². The number of nitrogens with one attached hydrogen (secondary N) is 1. The van der Waals surface area contributed by atoms with Gasteiger partial charge in [0, 0.05) is 16.9 Å².